The first-order valence-corrected chi connectivity index (χ1v) is 13.3. The molecule has 1 saturated carbocycles. The number of benzene rings is 1. The molecule has 2 N–H and O–H groups in total. The molecule has 2 aliphatic heterocycles. The van der Waals surface area contributed by atoms with Crippen LogP contribution < -0.4 is 5.32 Å². The fourth-order valence-corrected chi connectivity index (χ4v) is 5.93. The van der Waals surface area contributed by atoms with E-state index in [4.69, 9.17) is 9.51 Å². The number of piperidine rings is 1. The second-order valence-corrected chi connectivity index (χ2v) is 11.7. The van der Waals surface area contributed by atoms with Gasteiger partial charge in [-0.2, -0.15) is 4.98 Å². The molecule has 4 heterocycles. The first-order valence-electron chi connectivity index (χ1n) is 13.3. The summed E-state index contributed by atoms with van der Waals surface area (Å²) in [4.78, 5) is 22.7. The van der Waals surface area contributed by atoms with Gasteiger partial charge in [0, 0.05) is 68.0 Å². The van der Waals surface area contributed by atoms with Crippen LogP contribution in [0.15, 0.2) is 47.2 Å². The molecule has 2 saturated heterocycles. The molecule has 1 aromatic carbocycles. The zero-order valence-corrected chi connectivity index (χ0v) is 21.8. The number of pyridine rings is 1. The lowest BCUT2D eigenvalue weighted by atomic mass is 9.63. The SMILES string of the molecule is CC(=O)N1CCC(c2nc(-c3cncc(C(O)(c4ccc(C5(C)CC5)cc4)C4(C)CNC4)c3)no2)CC1. The van der Waals surface area contributed by atoms with Crippen molar-refractivity contribution in [2.75, 3.05) is 26.2 Å². The Labute approximate surface area is 217 Å². The van der Waals surface area contributed by atoms with Gasteiger partial charge in [0.2, 0.25) is 17.6 Å². The largest absolute Gasteiger partial charge is 0.380 e. The number of amides is 1. The summed E-state index contributed by atoms with van der Waals surface area (Å²) in [5.74, 6) is 1.30. The lowest BCUT2D eigenvalue weighted by molar-refractivity contribution is -0.129. The molecule has 37 heavy (non-hydrogen) atoms. The van der Waals surface area contributed by atoms with Crippen molar-refractivity contribution >= 4 is 5.91 Å². The normalized spacial score (nSPS) is 22.2. The third kappa shape index (κ3) is 4.07. The smallest absolute Gasteiger partial charge is 0.230 e. The summed E-state index contributed by atoms with van der Waals surface area (Å²) in [7, 11) is 0. The minimum absolute atomic E-state index is 0.104. The Kier molecular flexibility index (Phi) is 5.73. The number of hydrogen-bond acceptors (Lipinski definition) is 7. The van der Waals surface area contributed by atoms with Crippen molar-refractivity contribution in [2.45, 2.75) is 63.4 Å². The lowest BCUT2D eigenvalue weighted by Crippen LogP contribution is -2.63. The Hall–Kier alpha value is -3.10. The van der Waals surface area contributed by atoms with E-state index in [1.54, 1.807) is 19.3 Å². The molecule has 3 aromatic rings. The number of hydrogen-bond donors (Lipinski definition) is 2. The highest BCUT2D eigenvalue weighted by Gasteiger charge is 2.53. The first-order chi connectivity index (χ1) is 17.7. The fourth-order valence-electron chi connectivity index (χ4n) is 5.93. The lowest BCUT2D eigenvalue weighted by Gasteiger charge is -2.52. The summed E-state index contributed by atoms with van der Waals surface area (Å²) < 4.78 is 5.65. The van der Waals surface area contributed by atoms with E-state index in [0.717, 1.165) is 24.0 Å². The van der Waals surface area contributed by atoms with Crippen LogP contribution in [-0.4, -0.2) is 57.2 Å². The first kappa shape index (κ1) is 24.2. The molecule has 1 aliphatic carbocycles. The molecule has 1 unspecified atom stereocenters. The number of aliphatic hydroxyl groups is 1. The Balaban J connectivity index is 1.30. The summed E-state index contributed by atoms with van der Waals surface area (Å²) in [6.07, 6.45) is 7.51. The van der Waals surface area contributed by atoms with Crippen LogP contribution in [0.3, 0.4) is 0 Å². The van der Waals surface area contributed by atoms with Crippen LogP contribution >= 0.6 is 0 Å². The van der Waals surface area contributed by atoms with Gasteiger partial charge in [-0.05, 0) is 48.3 Å². The van der Waals surface area contributed by atoms with E-state index in [1.165, 1.54) is 18.4 Å². The fraction of sp³-hybridized carbons (Fsp3) is 0.517. The highest BCUT2D eigenvalue weighted by Crippen LogP contribution is 2.50. The number of aromatic nitrogens is 3. The topological polar surface area (TPSA) is 104 Å². The van der Waals surface area contributed by atoms with Crippen LogP contribution in [0.2, 0.25) is 0 Å². The molecule has 1 atom stereocenters. The predicted octanol–water partition coefficient (Wildman–Crippen LogP) is 3.75. The van der Waals surface area contributed by atoms with Gasteiger partial charge in [-0.15, -0.1) is 0 Å². The van der Waals surface area contributed by atoms with Crippen molar-refractivity contribution < 1.29 is 14.4 Å². The molecule has 8 nitrogen and oxygen atoms in total. The van der Waals surface area contributed by atoms with Crippen molar-refractivity contribution in [1.29, 1.82) is 0 Å². The molecular formula is C29H35N5O3. The molecule has 8 heteroatoms. The van der Waals surface area contributed by atoms with Gasteiger partial charge in [0.25, 0.3) is 0 Å². The summed E-state index contributed by atoms with van der Waals surface area (Å²) in [5.41, 5.74) is 2.30. The molecule has 1 amide bonds. The zero-order valence-electron chi connectivity index (χ0n) is 21.8. The van der Waals surface area contributed by atoms with Gasteiger partial charge in [0.1, 0.15) is 5.60 Å². The summed E-state index contributed by atoms with van der Waals surface area (Å²) in [6.45, 7) is 8.83. The average molecular weight is 502 g/mol. The zero-order chi connectivity index (χ0) is 25.8. The van der Waals surface area contributed by atoms with Crippen molar-refractivity contribution in [2.24, 2.45) is 5.41 Å². The van der Waals surface area contributed by atoms with E-state index in [-0.39, 0.29) is 22.7 Å². The second-order valence-electron chi connectivity index (χ2n) is 11.7. The van der Waals surface area contributed by atoms with Gasteiger partial charge in [-0.25, -0.2) is 0 Å². The molecule has 0 spiro atoms. The second kappa shape index (κ2) is 8.74. The van der Waals surface area contributed by atoms with Crippen LogP contribution in [-0.2, 0) is 15.8 Å². The van der Waals surface area contributed by atoms with E-state index in [2.05, 4.69) is 53.6 Å². The van der Waals surface area contributed by atoms with Crippen LogP contribution in [0.1, 0.15) is 75.0 Å². The number of nitrogens with one attached hydrogen (secondary N) is 1. The average Bonchev–Trinajstić information content (AvgIpc) is 3.46. The van der Waals surface area contributed by atoms with Crippen LogP contribution in [0.5, 0.6) is 0 Å². The van der Waals surface area contributed by atoms with Crippen molar-refractivity contribution in [3.63, 3.8) is 0 Å². The van der Waals surface area contributed by atoms with Gasteiger partial charge >= 0.3 is 0 Å². The molecule has 6 rings (SSSR count). The standard InChI is InChI=1S/C29H35N5O3/c1-19(35)34-12-8-20(9-13-34)26-32-25(33-37-26)21-14-24(16-30-15-21)29(36,28(3)17-31-18-28)23-6-4-22(5-7-23)27(2)10-11-27/h4-7,14-16,20,31,36H,8-13,17-18H2,1-3H3. The maximum atomic E-state index is 12.4. The molecule has 3 fully saturated rings. The molecule has 194 valence electrons. The number of nitrogens with zero attached hydrogens (tertiary/aromatic N) is 4. The highest BCUT2D eigenvalue weighted by atomic mass is 16.5. The van der Waals surface area contributed by atoms with Gasteiger partial charge in [-0.1, -0.05) is 43.3 Å². The predicted molar refractivity (Wildman–Crippen MR) is 139 cm³/mol. The minimum Gasteiger partial charge on any atom is -0.380 e. The Morgan fingerprint density at radius 3 is 2.41 bits per heavy atom. The summed E-state index contributed by atoms with van der Waals surface area (Å²) in [6, 6.07) is 10.4. The Morgan fingerprint density at radius 1 is 1.11 bits per heavy atom. The van der Waals surface area contributed by atoms with Gasteiger partial charge in [0.05, 0.1) is 0 Å². The van der Waals surface area contributed by atoms with E-state index in [9.17, 15) is 9.90 Å². The molecular weight excluding hydrogens is 466 g/mol. The number of likely N-dealkylation sites (tertiary alicyclic amines) is 1. The van der Waals surface area contributed by atoms with Crippen LogP contribution in [0.4, 0.5) is 0 Å². The quantitative estimate of drug-likeness (QED) is 0.530. The number of carbonyl (C=O) groups is 1. The van der Waals surface area contributed by atoms with Crippen molar-refractivity contribution in [3.8, 4) is 11.4 Å². The van der Waals surface area contributed by atoms with Gasteiger partial charge in [0.15, 0.2) is 0 Å². The molecule has 2 aromatic heterocycles. The Bertz CT molecular complexity index is 1300. The van der Waals surface area contributed by atoms with E-state index >= 15 is 0 Å². The van der Waals surface area contributed by atoms with Gasteiger partial charge < -0.3 is 19.8 Å². The summed E-state index contributed by atoms with van der Waals surface area (Å²) in [5, 5.41) is 20.0. The van der Waals surface area contributed by atoms with Crippen molar-refractivity contribution in [3.05, 3.63) is 65.3 Å². The van der Waals surface area contributed by atoms with Crippen LogP contribution in [0.25, 0.3) is 11.4 Å². The highest BCUT2D eigenvalue weighted by molar-refractivity contribution is 5.73. The molecule has 0 radical (unpaired) electrons. The minimum atomic E-state index is -1.23. The van der Waals surface area contributed by atoms with Crippen LogP contribution in [0, 0.1) is 5.41 Å². The third-order valence-corrected chi connectivity index (χ3v) is 9.05. The molecule has 0 bridgehead atoms. The maximum absolute atomic E-state index is 12.4. The third-order valence-electron chi connectivity index (χ3n) is 9.05. The molecule has 3 aliphatic rings. The van der Waals surface area contributed by atoms with E-state index in [1.807, 2.05) is 11.0 Å². The summed E-state index contributed by atoms with van der Waals surface area (Å²) >= 11 is 0. The van der Waals surface area contributed by atoms with Gasteiger partial charge in [-0.3, -0.25) is 9.78 Å². The monoisotopic (exact) mass is 501 g/mol. The van der Waals surface area contributed by atoms with E-state index < -0.39 is 5.60 Å². The van der Waals surface area contributed by atoms with E-state index in [0.29, 0.717) is 43.5 Å². The Morgan fingerprint density at radius 2 is 1.81 bits per heavy atom. The number of carbonyl (C=O) groups excluding carboxylic acids is 1. The number of rotatable bonds is 6. The maximum Gasteiger partial charge on any atom is 0.230 e. The van der Waals surface area contributed by atoms with Crippen molar-refractivity contribution in [1.82, 2.24) is 25.3 Å².